The van der Waals surface area contributed by atoms with Crippen LogP contribution in [0.1, 0.15) is 45.9 Å². The van der Waals surface area contributed by atoms with E-state index < -0.39 is 5.60 Å². The summed E-state index contributed by atoms with van der Waals surface area (Å²) in [4.78, 5) is 11.6. The second-order valence-corrected chi connectivity index (χ2v) is 6.31. The van der Waals surface area contributed by atoms with Gasteiger partial charge in [0.25, 0.3) is 0 Å². The van der Waals surface area contributed by atoms with E-state index in [9.17, 15) is 4.79 Å². The molecule has 2 N–H and O–H groups in total. The van der Waals surface area contributed by atoms with Gasteiger partial charge in [-0.05, 0) is 34.1 Å². The predicted octanol–water partition coefficient (Wildman–Crippen LogP) is 1.99. The maximum absolute atomic E-state index is 11.6. The molecule has 6 heteroatoms. The van der Waals surface area contributed by atoms with Crippen LogP contribution in [0, 0.1) is 0 Å². The maximum Gasteiger partial charge on any atom is 0.407 e. The minimum atomic E-state index is -0.469. The maximum atomic E-state index is 11.6. The van der Waals surface area contributed by atoms with Crippen molar-refractivity contribution >= 4 is 6.09 Å². The average Bonchev–Trinajstić information content (AvgIpc) is 2.67. The number of amides is 1. The lowest BCUT2D eigenvalue weighted by Gasteiger charge is -2.22. The molecule has 0 radical (unpaired) electrons. The van der Waals surface area contributed by atoms with Crippen molar-refractivity contribution in [2.24, 2.45) is 7.05 Å². The predicted molar refractivity (Wildman–Crippen MR) is 83.1 cm³/mol. The van der Waals surface area contributed by atoms with Gasteiger partial charge in [-0.1, -0.05) is 6.92 Å². The summed E-state index contributed by atoms with van der Waals surface area (Å²) < 4.78 is 7.05. The summed E-state index contributed by atoms with van der Waals surface area (Å²) in [6, 6.07) is 0.00148. The summed E-state index contributed by atoms with van der Waals surface area (Å²) in [6.07, 6.45) is 2.56. The van der Waals surface area contributed by atoms with Crippen molar-refractivity contribution in [1.29, 1.82) is 0 Å². The molecule has 0 bridgehead atoms. The zero-order valence-corrected chi connectivity index (χ0v) is 14.0. The molecule has 1 aromatic heterocycles. The molecule has 120 valence electrons. The number of hydrogen-bond acceptors (Lipinski definition) is 4. The van der Waals surface area contributed by atoms with E-state index in [-0.39, 0.29) is 12.1 Å². The third-order valence-electron chi connectivity index (χ3n) is 2.86. The second-order valence-electron chi connectivity index (χ2n) is 6.31. The van der Waals surface area contributed by atoms with Crippen LogP contribution in [0.2, 0.25) is 0 Å². The van der Waals surface area contributed by atoms with Gasteiger partial charge in [-0.25, -0.2) is 4.79 Å². The minimum Gasteiger partial charge on any atom is -0.444 e. The van der Waals surface area contributed by atoms with Crippen LogP contribution in [0.5, 0.6) is 0 Å². The summed E-state index contributed by atoms with van der Waals surface area (Å²) in [5, 5.41) is 10.5. The van der Waals surface area contributed by atoms with Gasteiger partial charge in [-0.15, -0.1) is 0 Å². The molecule has 1 heterocycles. The molecule has 1 atom stereocenters. The number of hydrogen-bond donors (Lipinski definition) is 2. The second kappa shape index (κ2) is 7.45. The summed E-state index contributed by atoms with van der Waals surface area (Å²) in [5.74, 6) is 0. The molecule has 0 aliphatic heterocycles. The van der Waals surface area contributed by atoms with E-state index in [2.05, 4.69) is 22.7 Å². The lowest BCUT2D eigenvalue weighted by molar-refractivity contribution is 0.0508. The van der Waals surface area contributed by atoms with Gasteiger partial charge in [0.1, 0.15) is 5.60 Å². The summed E-state index contributed by atoms with van der Waals surface area (Å²) in [6.45, 7) is 11.0. The fraction of sp³-hybridized carbons (Fsp3) is 0.733. The van der Waals surface area contributed by atoms with Gasteiger partial charge in [0, 0.05) is 37.9 Å². The smallest absolute Gasteiger partial charge is 0.407 e. The van der Waals surface area contributed by atoms with Crippen LogP contribution in [0.3, 0.4) is 0 Å². The van der Waals surface area contributed by atoms with Crippen molar-refractivity contribution in [2.75, 3.05) is 6.54 Å². The van der Waals surface area contributed by atoms with E-state index in [1.165, 1.54) is 5.56 Å². The molecule has 0 aliphatic rings. The zero-order valence-electron chi connectivity index (χ0n) is 14.0. The van der Waals surface area contributed by atoms with Crippen molar-refractivity contribution in [1.82, 2.24) is 20.4 Å². The zero-order chi connectivity index (χ0) is 16.0. The lowest BCUT2D eigenvalue weighted by atomic mass is 10.2. The summed E-state index contributed by atoms with van der Waals surface area (Å²) >= 11 is 0. The summed E-state index contributed by atoms with van der Waals surface area (Å²) in [5.41, 5.74) is 1.84. The van der Waals surface area contributed by atoms with E-state index in [0.29, 0.717) is 6.54 Å². The van der Waals surface area contributed by atoms with Crippen LogP contribution in [-0.2, 0) is 24.8 Å². The van der Waals surface area contributed by atoms with Crippen LogP contribution in [0.4, 0.5) is 4.79 Å². The Hall–Kier alpha value is -1.56. The third-order valence-corrected chi connectivity index (χ3v) is 2.86. The van der Waals surface area contributed by atoms with Gasteiger partial charge in [-0.2, -0.15) is 5.10 Å². The van der Waals surface area contributed by atoms with E-state index in [1.54, 1.807) is 0 Å². The van der Waals surface area contributed by atoms with Gasteiger partial charge in [0.15, 0.2) is 0 Å². The van der Waals surface area contributed by atoms with Crippen molar-refractivity contribution in [3.63, 3.8) is 0 Å². The first-order chi connectivity index (χ1) is 9.71. The lowest BCUT2D eigenvalue weighted by Crippen LogP contribution is -2.42. The highest BCUT2D eigenvalue weighted by atomic mass is 16.6. The fourth-order valence-electron chi connectivity index (χ4n) is 2.01. The number of alkyl carbamates (subject to hydrolysis) is 1. The molecule has 0 aliphatic carbocycles. The SMILES string of the molecule is CCc1nn(C)cc1CNCC(C)NC(=O)OC(C)(C)C. The first-order valence-electron chi connectivity index (χ1n) is 7.43. The largest absolute Gasteiger partial charge is 0.444 e. The standard InChI is InChI=1S/C15H28N4O2/c1-7-13-12(10-19(6)18-13)9-16-8-11(2)17-14(20)21-15(3,4)5/h10-11,16H,7-9H2,1-6H3,(H,17,20). The molecule has 21 heavy (non-hydrogen) atoms. The molecule has 0 fully saturated rings. The van der Waals surface area contributed by atoms with Gasteiger partial charge < -0.3 is 15.4 Å². The Morgan fingerprint density at radius 2 is 2.14 bits per heavy atom. The molecule has 0 saturated heterocycles. The number of rotatable bonds is 6. The van der Waals surface area contributed by atoms with Crippen molar-refractivity contribution in [3.05, 3.63) is 17.5 Å². The fourth-order valence-corrected chi connectivity index (χ4v) is 2.01. The van der Waals surface area contributed by atoms with Gasteiger partial charge >= 0.3 is 6.09 Å². The Morgan fingerprint density at radius 3 is 2.71 bits per heavy atom. The van der Waals surface area contributed by atoms with E-state index in [0.717, 1.165) is 18.7 Å². The number of carbonyl (C=O) groups excluding carboxylic acids is 1. The molecule has 1 rings (SSSR count). The Labute approximate surface area is 127 Å². The van der Waals surface area contributed by atoms with E-state index in [4.69, 9.17) is 4.74 Å². The minimum absolute atomic E-state index is 0.00148. The normalized spacial score (nSPS) is 13.0. The van der Waals surface area contributed by atoms with Crippen LogP contribution in [-0.4, -0.2) is 34.1 Å². The van der Waals surface area contributed by atoms with Gasteiger partial charge in [0.2, 0.25) is 0 Å². The molecule has 0 aromatic carbocycles. The molecule has 0 spiro atoms. The highest BCUT2D eigenvalue weighted by Gasteiger charge is 2.17. The Morgan fingerprint density at radius 1 is 1.48 bits per heavy atom. The van der Waals surface area contributed by atoms with Gasteiger partial charge in [0.05, 0.1) is 5.69 Å². The molecule has 1 aromatic rings. The number of nitrogens with one attached hydrogen (secondary N) is 2. The Bertz CT molecular complexity index is 463. The molecule has 6 nitrogen and oxygen atoms in total. The van der Waals surface area contributed by atoms with Crippen LogP contribution >= 0.6 is 0 Å². The number of aryl methyl sites for hydroxylation is 2. The number of carbonyl (C=O) groups is 1. The molecular formula is C15H28N4O2. The molecule has 1 unspecified atom stereocenters. The summed E-state index contributed by atoms with van der Waals surface area (Å²) in [7, 11) is 1.93. The van der Waals surface area contributed by atoms with Crippen LogP contribution in [0.25, 0.3) is 0 Å². The number of aromatic nitrogens is 2. The van der Waals surface area contributed by atoms with Crippen LogP contribution < -0.4 is 10.6 Å². The highest BCUT2D eigenvalue weighted by molar-refractivity contribution is 5.68. The average molecular weight is 296 g/mol. The Balaban J connectivity index is 2.33. The first-order valence-corrected chi connectivity index (χ1v) is 7.43. The number of ether oxygens (including phenoxy) is 1. The molecule has 0 saturated carbocycles. The van der Waals surface area contributed by atoms with E-state index >= 15 is 0 Å². The van der Waals surface area contributed by atoms with Gasteiger partial charge in [-0.3, -0.25) is 4.68 Å². The highest BCUT2D eigenvalue weighted by Crippen LogP contribution is 2.07. The van der Waals surface area contributed by atoms with Crippen molar-refractivity contribution in [2.45, 2.75) is 59.2 Å². The molecular weight excluding hydrogens is 268 g/mol. The van der Waals surface area contributed by atoms with Crippen LogP contribution in [0.15, 0.2) is 6.20 Å². The quantitative estimate of drug-likeness (QED) is 0.842. The number of nitrogens with zero attached hydrogens (tertiary/aromatic N) is 2. The Kier molecular flexibility index (Phi) is 6.20. The monoisotopic (exact) mass is 296 g/mol. The van der Waals surface area contributed by atoms with E-state index in [1.807, 2.05) is 45.6 Å². The molecule has 1 amide bonds. The van der Waals surface area contributed by atoms with Crippen molar-refractivity contribution in [3.8, 4) is 0 Å². The first kappa shape index (κ1) is 17.5. The topological polar surface area (TPSA) is 68.2 Å². The van der Waals surface area contributed by atoms with Crippen molar-refractivity contribution < 1.29 is 9.53 Å². The third kappa shape index (κ3) is 6.62.